The van der Waals surface area contributed by atoms with Gasteiger partial charge in [-0.3, -0.25) is 0 Å². The number of benzene rings is 1. The van der Waals surface area contributed by atoms with Crippen molar-refractivity contribution in [2.75, 3.05) is 0 Å². The molecule has 1 aliphatic carbocycles. The highest BCUT2D eigenvalue weighted by Crippen LogP contribution is 2.31. The van der Waals surface area contributed by atoms with E-state index in [9.17, 15) is 0 Å². The van der Waals surface area contributed by atoms with Crippen LogP contribution in [0.2, 0.25) is 0 Å². The van der Waals surface area contributed by atoms with Gasteiger partial charge in [0.25, 0.3) is 0 Å². The van der Waals surface area contributed by atoms with Crippen LogP contribution in [0.25, 0.3) is 0 Å². The van der Waals surface area contributed by atoms with Crippen molar-refractivity contribution < 1.29 is 5.11 Å². The molecule has 1 heteroatoms. The van der Waals surface area contributed by atoms with E-state index < -0.39 is 0 Å². The molecule has 0 aromatic heterocycles. The van der Waals surface area contributed by atoms with Gasteiger partial charge in [-0.25, -0.2) is 0 Å². The summed E-state index contributed by atoms with van der Waals surface area (Å²) in [7, 11) is 0. The lowest BCUT2D eigenvalue weighted by atomic mass is 10.2. The smallest absolute Gasteiger partial charge is 0.115 e. The number of aromatic hydroxyl groups is 1. The maximum atomic E-state index is 9.03. The largest absolute Gasteiger partial charge is 0.508 e. The predicted molar refractivity (Wildman–Crippen MR) is 52.3 cm³/mol. The summed E-state index contributed by atoms with van der Waals surface area (Å²) in [6.45, 7) is 0. The topological polar surface area (TPSA) is 20.2 Å². The van der Waals surface area contributed by atoms with E-state index in [1.807, 2.05) is 12.1 Å². The summed E-state index contributed by atoms with van der Waals surface area (Å²) in [6.07, 6.45) is 3.73. The van der Waals surface area contributed by atoms with E-state index in [0.717, 1.165) is 17.9 Å². The molecule has 0 bridgehead atoms. The van der Waals surface area contributed by atoms with Crippen LogP contribution in [0, 0.1) is 17.8 Å². The lowest BCUT2D eigenvalue weighted by molar-refractivity contribution is 0.475. The normalized spacial score (nSPS) is 14.8. The van der Waals surface area contributed by atoms with Gasteiger partial charge in [0.2, 0.25) is 0 Å². The quantitative estimate of drug-likeness (QED) is 0.645. The standard InChI is InChI=1S/C12H12O/c13-12-8-6-11(7-9-12)3-1-2-10-4-5-10/h6-10,13H,2,4-5H2. The van der Waals surface area contributed by atoms with E-state index >= 15 is 0 Å². The van der Waals surface area contributed by atoms with Crippen LogP contribution in [0.1, 0.15) is 24.8 Å². The van der Waals surface area contributed by atoms with Crippen molar-refractivity contribution in [1.29, 1.82) is 0 Å². The molecule has 13 heavy (non-hydrogen) atoms. The van der Waals surface area contributed by atoms with E-state index in [4.69, 9.17) is 5.11 Å². The fourth-order valence-corrected chi connectivity index (χ4v) is 1.16. The van der Waals surface area contributed by atoms with E-state index in [0.29, 0.717) is 5.75 Å². The van der Waals surface area contributed by atoms with Gasteiger partial charge >= 0.3 is 0 Å². The molecule has 0 atom stereocenters. The summed E-state index contributed by atoms with van der Waals surface area (Å²) in [5.74, 6) is 7.40. The molecule has 1 N–H and O–H groups in total. The molecular weight excluding hydrogens is 160 g/mol. The minimum absolute atomic E-state index is 0.299. The van der Waals surface area contributed by atoms with Crippen molar-refractivity contribution in [3.8, 4) is 17.6 Å². The number of rotatable bonds is 1. The number of phenols is 1. The first-order valence-corrected chi connectivity index (χ1v) is 4.62. The molecule has 0 spiro atoms. The Morgan fingerprint density at radius 1 is 1.23 bits per heavy atom. The lowest BCUT2D eigenvalue weighted by Crippen LogP contribution is -1.73. The number of phenolic OH excluding ortho intramolecular Hbond substituents is 1. The average Bonchev–Trinajstić information content (AvgIpc) is 2.92. The molecule has 0 radical (unpaired) electrons. The molecule has 1 nitrogen and oxygen atoms in total. The van der Waals surface area contributed by atoms with Gasteiger partial charge in [-0.05, 0) is 43.0 Å². The van der Waals surface area contributed by atoms with Crippen molar-refractivity contribution in [2.45, 2.75) is 19.3 Å². The molecule has 1 fully saturated rings. The molecule has 2 rings (SSSR count). The fourth-order valence-electron chi connectivity index (χ4n) is 1.16. The summed E-state index contributed by atoms with van der Waals surface area (Å²) in [5.41, 5.74) is 0.985. The van der Waals surface area contributed by atoms with Crippen LogP contribution in [0.15, 0.2) is 24.3 Å². The summed E-state index contributed by atoms with van der Waals surface area (Å²) in [6, 6.07) is 7.02. The van der Waals surface area contributed by atoms with Crippen molar-refractivity contribution in [3.05, 3.63) is 29.8 Å². The first-order chi connectivity index (χ1) is 6.34. The number of hydrogen-bond donors (Lipinski definition) is 1. The third kappa shape index (κ3) is 2.52. The Morgan fingerprint density at radius 3 is 2.54 bits per heavy atom. The third-order valence-corrected chi connectivity index (χ3v) is 2.19. The SMILES string of the molecule is Oc1ccc(C#CCC2CC2)cc1. The minimum Gasteiger partial charge on any atom is -0.508 e. The van der Waals surface area contributed by atoms with Crippen molar-refractivity contribution in [3.63, 3.8) is 0 Å². The number of hydrogen-bond acceptors (Lipinski definition) is 1. The second-order valence-corrected chi connectivity index (χ2v) is 3.50. The van der Waals surface area contributed by atoms with Gasteiger partial charge in [0, 0.05) is 12.0 Å². The van der Waals surface area contributed by atoms with E-state index in [2.05, 4.69) is 11.8 Å². The molecule has 1 aromatic rings. The highest BCUT2D eigenvalue weighted by atomic mass is 16.3. The zero-order valence-electron chi connectivity index (χ0n) is 7.46. The van der Waals surface area contributed by atoms with Gasteiger partial charge in [-0.15, -0.1) is 0 Å². The molecule has 0 aliphatic heterocycles. The Bertz CT molecular complexity index is 336. The van der Waals surface area contributed by atoms with Gasteiger partial charge in [-0.2, -0.15) is 0 Å². The molecule has 0 saturated heterocycles. The van der Waals surface area contributed by atoms with E-state index in [-0.39, 0.29) is 0 Å². The lowest BCUT2D eigenvalue weighted by Gasteiger charge is -1.90. The van der Waals surface area contributed by atoms with Crippen LogP contribution in [0.3, 0.4) is 0 Å². The Hall–Kier alpha value is -1.42. The highest BCUT2D eigenvalue weighted by molar-refractivity contribution is 5.37. The van der Waals surface area contributed by atoms with Crippen LogP contribution < -0.4 is 0 Å². The monoisotopic (exact) mass is 172 g/mol. The maximum absolute atomic E-state index is 9.03. The van der Waals surface area contributed by atoms with Crippen molar-refractivity contribution >= 4 is 0 Å². The molecule has 1 aromatic carbocycles. The minimum atomic E-state index is 0.299. The fraction of sp³-hybridized carbons (Fsp3) is 0.333. The maximum Gasteiger partial charge on any atom is 0.115 e. The summed E-state index contributed by atoms with van der Waals surface area (Å²) >= 11 is 0. The Morgan fingerprint density at radius 2 is 1.92 bits per heavy atom. The van der Waals surface area contributed by atoms with Crippen LogP contribution >= 0.6 is 0 Å². The first-order valence-electron chi connectivity index (χ1n) is 4.62. The molecule has 66 valence electrons. The Balaban J connectivity index is 1.98. The van der Waals surface area contributed by atoms with Crippen LogP contribution in [-0.4, -0.2) is 5.11 Å². The van der Waals surface area contributed by atoms with Crippen molar-refractivity contribution in [1.82, 2.24) is 0 Å². The molecule has 0 heterocycles. The summed E-state index contributed by atoms with van der Waals surface area (Å²) < 4.78 is 0. The molecule has 1 aliphatic rings. The molecule has 0 amide bonds. The van der Waals surface area contributed by atoms with Gasteiger partial charge in [0.1, 0.15) is 5.75 Å². The second kappa shape index (κ2) is 3.53. The highest BCUT2D eigenvalue weighted by Gasteiger charge is 2.19. The van der Waals surface area contributed by atoms with Gasteiger partial charge in [-0.1, -0.05) is 11.8 Å². The van der Waals surface area contributed by atoms with Crippen LogP contribution in [-0.2, 0) is 0 Å². The zero-order chi connectivity index (χ0) is 9.10. The van der Waals surface area contributed by atoms with Gasteiger partial charge in [0.15, 0.2) is 0 Å². The Kier molecular flexibility index (Phi) is 2.23. The molecule has 0 unspecified atom stereocenters. The predicted octanol–water partition coefficient (Wildman–Crippen LogP) is 2.54. The van der Waals surface area contributed by atoms with E-state index in [1.54, 1.807) is 12.1 Å². The zero-order valence-corrected chi connectivity index (χ0v) is 7.46. The van der Waals surface area contributed by atoms with Crippen LogP contribution in [0.4, 0.5) is 0 Å². The Labute approximate surface area is 78.4 Å². The van der Waals surface area contributed by atoms with E-state index in [1.165, 1.54) is 12.8 Å². The van der Waals surface area contributed by atoms with Gasteiger partial charge in [0.05, 0.1) is 0 Å². The summed E-state index contributed by atoms with van der Waals surface area (Å²) in [4.78, 5) is 0. The molecule has 1 saturated carbocycles. The van der Waals surface area contributed by atoms with Gasteiger partial charge < -0.3 is 5.11 Å². The first kappa shape index (κ1) is 8.19. The third-order valence-electron chi connectivity index (χ3n) is 2.19. The average molecular weight is 172 g/mol. The second-order valence-electron chi connectivity index (χ2n) is 3.50. The van der Waals surface area contributed by atoms with Crippen molar-refractivity contribution in [2.24, 2.45) is 5.92 Å². The summed E-state index contributed by atoms with van der Waals surface area (Å²) in [5, 5.41) is 9.03. The molecular formula is C12H12O. The van der Waals surface area contributed by atoms with Crippen LogP contribution in [0.5, 0.6) is 5.75 Å².